The van der Waals surface area contributed by atoms with Crippen LogP contribution in [0.25, 0.3) is 22.2 Å². The number of pyridine rings is 1. The molecule has 3 fully saturated rings. The van der Waals surface area contributed by atoms with Gasteiger partial charge in [0.25, 0.3) is 5.91 Å². The summed E-state index contributed by atoms with van der Waals surface area (Å²) in [6.45, 7) is 7.10. The topological polar surface area (TPSA) is 168 Å². The Morgan fingerprint density at radius 1 is 0.922 bits per heavy atom. The Labute approximate surface area is 370 Å². The number of piperidine rings is 3. The number of H-pyrrole nitrogens is 1. The number of carbonyl (C=O) groups is 4. The molecule has 5 aromatic rings. The van der Waals surface area contributed by atoms with E-state index in [0.717, 1.165) is 91.7 Å². The fourth-order valence-corrected chi connectivity index (χ4v) is 10.5. The second-order valence-corrected chi connectivity index (χ2v) is 19.1. The van der Waals surface area contributed by atoms with Crippen LogP contribution in [-0.4, -0.2) is 108 Å². The van der Waals surface area contributed by atoms with Gasteiger partial charge in [-0.05, 0) is 110 Å². The molecular formula is C47H50F2N8O6S. The lowest BCUT2D eigenvalue weighted by molar-refractivity contribution is -0.136. The van der Waals surface area contributed by atoms with Gasteiger partial charge in [-0.15, -0.1) is 0 Å². The van der Waals surface area contributed by atoms with Crippen LogP contribution in [0, 0.1) is 17.6 Å². The zero-order chi connectivity index (χ0) is 44.9. The number of fused-ring (bicyclic) bond motifs is 2. The lowest BCUT2D eigenvalue weighted by atomic mass is 9.87. The molecule has 9 rings (SSSR count). The molecule has 3 N–H and O–H groups in total. The summed E-state index contributed by atoms with van der Waals surface area (Å²) < 4.78 is 58.9. The van der Waals surface area contributed by atoms with Gasteiger partial charge >= 0.3 is 10.2 Å². The third-order valence-electron chi connectivity index (χ3n) is 13.5. The predicted molar refractivity (Wildman–Crippen MR) is 238 cm³/mol. The number of nitrogens with one attached hydrogen (secondary N) is 3. The maximum absolute atomic E-state index is 15.6. The quantitative estimate of drug-likeness (QED) is 0.0976. The molecule has 4 aliphatic rings. The van der Waals surface area contributed by atoms with Crippen LogP contribution in [0.5, 0.6) is 0 Å². The smallest absolute Gasteiger partial charge is 0.301 e. The zero-order valence-electron chi connectivity index (χ0n) is 35.7. The first-order valence-electron chi connectivity index (χ1n) is 21.9. The number of nitrogens with zero attached hydrogens (tertiary/aromatic N) is 5. The Kier molecular flexibility index (Phi) is 11.8. The Morgan fingerprint density at radius 2 is 1.67 bits per heavy atom. The highest BCUT2D eigenvalue weighted by Gasteiger charge is 2.39. The molecule has 3 aromatic carbocycles. The number of hydrogen-bond acceptors (Lipinski definition) is 9. The Bertz CT molecular complexity index is 2770. The van der Waals surface area contributed by atoms with E-state index in [-0.39, 0.29) is 30.3 Å². The molecule has 14 nitrogen and oxygen atoms in total. The third kappa shape index (κ3) is 8.39. The normalized spacial score (nSPS) is 19.1. The molecule has 17 heteroatoms. The molecular weight excluding hydrogens is 843 g/mol. The lowest BCUT2D eigenvalue weighted by Crippen LogP contribution is -2.52. The van der Waals surface area contributed by atoms with Gasteiger partial charge in [0.1, 0.15) is 17.5 Å². The van der Waals surface area contributed by atoms with E-state index < -0.39 is 50.8 Å². The Balaban J connectivity index is 0.783. The molecule has 334 valence electrons. The minimum Gasteiger partial charge on any atom is -0.372 e. The average molecular weight is 893 g/mol. The lowest BCUT2D eigenvalue weighted by Gasteiger charge is -2.38. The highest BCUT2D eigenvalue weighted by Crippen LogP contribution is 2.36. The summed E-state index contributed by atoms with van der Waals surface area (Å²) in [5.74, 6) is -3.19. The number of carbonyl (C=O) groups excluding carboxylic acids is 4. The molecule has 0 bridgehead atoms. The van der Waals surface area contributed by atoms with Crippen molar-refractivity contribution in [3.63, 3.8) is 0 Å². The van der Waals surface area contributed by atoms with Gasteiger partial charge in [0, 0.05) is 86.3 Å². The van der Waals surface area contributed by atoms with E-state index >= 15 is 8.78 Å². The van der Waals surface area contributed by atoms with Crippen molar-refractivity contribution in [2.24, 2.45) is 5.92 Å². The van der Waals surface area contributed by atoms with Crippen LogP contribution in [0.1, 0.15) is 88.8 Å². The molecule has 0 saturated carbocycles. The fraction of sp³-hybridized carbons (Fsp3) is 0.383. The van der Waals surface area contributed by atoms with Crippen LogP contribution in [0.2, 0.25) is 0 Å². The average Bonchev–Trinajstić information content (AvgIpc) is 3.87. The van der Waals surface area contributed by atoms with Crippen LogP contribution in [-0.2, 0) is 26.3 Å². The molecule has 1 unspecified atom stereocenters. The molecule has 2 aromatic heterocycles. The SMILES string of the molecule is CCN(C)S(=O)(=O)Nc1ccc(F)c(C(=O)c2c[nH]c3ncc(-c4ccc(N5CCC(CN6CCC(c7ccc8c(c7)CN(C7CCC(=O)NC7=O)C8=O)CC6)CC5)cc4)cc23)c1F. The van der Waals surface area contributed by atoms with Gasteiger partial charge in [0.15, 0.2) is 5.82 Å². The number of hydrogen-bond donors (Lipinski definition) is 3. The maximum Gasteiger partial charge on any atom is 0.301 e. The van der Waals surface area contributed by atoms with Crippen molar-refractivity contribution in [2.75, 3.05) is 55.9 Å². The molecule has 6 heterocycles. The number of aromatic nitrogens is 2. The molecule has 4 aliphatic heterocycles. The first kappa shape index (κ1) is 43.2. The minimum absolute atomic E-state index is 0.00361. The van der Waals surface area contributed by atoms with Crippen molar-refractivity contribution in [2.45, 2.75) is 64.0 Å². The number of rotatable bonds is 12. The molecule has 3 amide bonds. The highest BCUT2D eigenvalue weighted by molar-refractivity contribution is 7.90. The number of amides is 3. The van der Waals surface area contributed by atoms with E-state index in [0.29, 0.717) is 47.0 Å². The number of aromatic amines is 1. The highest BCUT2D eigenvalue weighted by atomic mass is 32.2. The standard InChI is InChI=1S/C47H50F2N8O6S/c1-3-54(2)64(62,63)53-39-11-10-38(48)42(43(39)49)44(59)37-25-51-45-36(37)23-32(24-50-45)29-4-7-34(8-5-29)56-20-14-28(15-21-56)26-55-18-16-30(17-19-55)31-6-9-35-33(22-31)27-57(47(35)61)40-12-13-41(58)52-46(40)60/h4-11,22-25,28,30,40,53H,3,12-21,26-27H2,1-2H3,(H,50,51)(H,52,58,60). The number of likely N-dealkylation sites (tertiary alicyclic amines) is 1. The summed E-state index contributed by atoms with van der Waals surface area (Å²) in [5.41, 5.74) is 4.46. The van der Waals surface area contributed by atoms with Crippen molar-refractivity contribution in [3.05, 3.63) is 113 Å². The molecule has 0 spiro atoms. The van der Waals surface area contributed by atoms with Gasteiger partial charge in [-0.3, -0.25) is 29.2 Å². The van der Waals surface area contributed by atoms with Crippen molar-refractivity contribution in [3.8, 4) is 11.1 Å². The number of halogens is 2. The number of imide groups is 1. The number of ketones is 1. The van der Waals surface area contributed by atoms with E-state index in [4.69, 9.17) is 0 Å². The van der Waals surface area contributed by atoms with Gasteiger partial charge in [-0.1, -0.05) is 31.2 Å². The van der Waals surface area contributed by atoms with Crippen molar-refractivity contribution < 1.29 is 36.4 Å². The van der Waals surface area contributed by atoms with Crippen LogP contribution >= 0.6 is 0 Å². The summed E-state index contributed by atoms with van der Waals surface area (Å²) >= 11 is 0. The van der Waals surface area contributed by atoms with E-state index in [9.17, 15) is 27.6 Å². The second kappa shape index (κ2) is 17.5. The summed E-state index contributed by atoms with van der Waals surface area (Å²) in [7, 11) is -2.82. The van der Waals surface area contributed by atoms with Crippen molar-refractivity contribution >= 4 is 56.1 Å². The first-order valence-corrected chi connectivity index (χ1v) is 23.3. The third-order valence-corrected chi connectivity index (χ3v) is 15.0. The molecule has 1 atom stereocenters. The summed E-state index contributed by atoms with van der Waals surface area (Å²) in [6, 6.07) is 17.2. The van der Waals surface area contributed by atoms with Crippen molar-refractivity contribution in [1.82, 2.24) is 29.4 Å². The van der Waals surface area contributed by atoms with E-state index in [1.807, 2.05) is 18.2 Å². The first-order chi connectivity index (χ1) is 30.8. The Hall–Kier alpha value is -6.04. The van der Waals surface area contributed by atoms with Crippen LogP contribution in [0.3, 0.4) is 0 Å². The fourth-order valence-electron chi connectivity index (χ4n) is 9.61. The summed E-state index contributed by atoms with van der Waals surface area (Å²) in [6.07, 6.45) is 7.88. The minimum atomic E-state index is -4.13. The maximum atomic E-state index is 15.6. The predicted octanol–water partition coefficient (Wildman–Crippen LogP) is 6.20. The van der Waals surface area contributed by atoms with Crippen LogP contribution in [0.15, 0.2) is 73.1 Å². The van der Waals surface area contributed by atoms with Gasteiger partial charge in [-0.2, -0.15) is 12.7 Å². The molecule has 64 heavy (non-hydrogen) atoms. The van der Waals surface area contributed by atoms with Crippen LogP contribution < -0.4 is 14.9 Å². The largest absolute Gasteiger partial charge is 0.372 e. The van der Waals surface area contributed by atoms with Gasteiger partial charge < -0.3 is 19.7 Å². The van der Waals surface area contributed by atoms with Gasteiger partial charge in [-0.25, -0.2) is 13.8 Å². The van der Waals surface area contributed by atoms with E-state index in [2.05, 4.69) is 54.1 Å². The number of benzene rings is 3. The molecule has 0 aliphatic carbocycles. The second-order valence-electron chi connectivity index (χ2n) is 17.3. The Morgan fingerprint density at radius 3 is 2.39 bits per heavy atom. The van der Waals surface area contributed by atoms with Gasteiger partial charge in [0.05, 0.1) is 11.3 Å². The molecule has 0 radical (unpaired) electrons. The summed E-state index contributed by atoms with van der Waals surface area (Å²) in [4.78, 5) is 65.0. The molecule has 3 saturated heterocycles. The van der Waals surface area contributed by atoms with Gasteiger partial charge in [0.2, 0.25) is 17.6 Å². The van der Waals surface area contributed by atoms with Crippen LogP contribution in [0.4, 0.5) is 20.2 Å². The van der Waals surface area contributed by atoms with E-state index in [1.165, 1.54) is 18.8 Å². The summed E-state index contributed by atoms with van der Waals surface area (Å²) in [5, 5.41) is 2.74. The van der Waals surface area contributed by atoms with E-state index in [1.54, 1.807) is 24.1 Å². The number of anilines is 2. The zero-order valence-corrected chi connectivity index (χ0v) is 36.5. The van der Waals surface area contributed by atoms with Crippen molar-refractivity contribution in [1.29, 1.82) is 0 Å². The monoisotopic (exact) mass is 892 g/mol.